The number of carbonyl (C=O) groups excluding carboxylic acids is 1. The van der Waals surface area contributed by atoms with Crippen LogP contribution in [0.1, 0.15) is 19.4 Å². The minimum atomic E-state index is -0.388. The van der Waals surface area contributed by atoms with E-state index >= 15 is 0 Å². The molecule has 1 aromatic carbocycles. The fourth-order valence-corrected chi connectivity index (χ4v) is 2.11. The number of aromatic nitrogens is 2. The average molecular weight is 302 g/mol. The van der Waals surface area contributed by atoms with Gasteiger partial charge in [-0.2, -0.15) is 0 Å². The third kappa shape index (κ3) is 4.00. The summed E-state index contributed by atoms with van der Waals surface area (Å²) in [6.45, 7) is 5.75. The van der Waals surface area contributed by atoms with Crippen LogP contribution in [0, 0.1) is 5.82 Å². The molecule has 0 atom stereocenters. The zero-order chi connectivity index (χ0) is 15.9. The normalized spacial score (nSPS) is 10.3. The summed E-state index contributed by atoms with van der Waals surface area (Å²) >= 11 is 0. The highest BCUT2D eigenvalue weighted by atomic mass is 19.1. The minimum Gasteiger partial charge on any atom is -0.356 e. The van der Waals surface area contributed by atoms with Crippen molar-refractivity contribution in [2.24, 2.45) is 0 Å². The largest absolute Gasteiger partial charge is 0.356 e. The number of benzene rings is 1. The van der Waals surface area contributed by atoms with Gasteiger partial charge in [0.2, 0.25) is 5.91 Å². The molecule has 0 unspecified atom stereocenters. The molecule has 0 bridgehead atoms. The standard InChI is InChI=1S/C16H19FN4O/c1-3-21(4-2)15-10-9-14(19-20-15)18-16(22)11-12-7-5-6-8-13(12)17/h5-10H,3-4,11H2,1-2H3,(H,18,19,22). The first-order chi connectivity index (χ1) is 10.6. The molecule has 0 aliphatic rings. The Bertz CT molecular complexity index is 626. The maximum absolute atomic E-state index is 13.5. The molecule has 1 amide bonds. The average Bonchev–Trinajstić information content (AvgIpc) is 2.52. The highest BCUT2D eigenvalue weighted by Gasteiger charge is 2.10. The predicted octanol–water partition coefficient (Wildman–Crippen LogP) is 2.64. The van der Waals surface area contributed by atoms with Gasteiger partial charge in [-0.1, -0.05) is 18.2 Å². The highest BCUT2D eigenvalue weighted by molar-refractivity contribution is 5.91. The molecule has 1 aromatic heterocycles. The molecule has 2 aromatic rings. The van der Waals surface area contributed by atoms with E-state index in [9.17, 15) is 9.18 Å². The summed E-state index contributed by atoms with van der Waals surface area (Å²) in [6, 6.07) is 9.71. The second-order valence-electron chi connectivity index (χ2n) is 4.77. The zero-order valence-corrected chi connectivity index (χ0v) is 12.7. The van der Waals surface area contributed by atoms with Crippen LogP contribution in [0.3, 0.4) is 0 Å². The highest BCUT2D eigenvalue weighted by Crippen LogP contribution is 2.12. The van der Waals surface area contributed by atoms with Crippen molar-refractivity contribution in [1.29, 1.82) is 0 Å². The first-order valence-corrected chi connectivity index (χ1v) is 7.26. The molecular weight excluding hydrogens is 283 g/mol. The first kappa shape index (κ1) is 15.9. The Kier molecular flexibility index (Phi) is 5.41. The van der Waals surface area contributed by atoms with Gasteiger partial charge in [0.15, 0.2) is 11.6 Å². The number of hydrogen-bond acceptors (Lipinski definition) is 4. The summed E-state index contributed by atoms with van der Waals surface area (Å²) in [5.41, 5.74) is 0.354. The quantitative estimate of drug-likeness (QED) is 0.891. The summed E-state index contributed by atoms with van der Waals surface area (Å²) in [6.07, 6.45) is -0.0356. The third-order valence-corrected chi connectivity index (χ3v) is 3.31. The number of nitrogens with one attached hydrogen (secondary N) is 1. The number of anilines is 2. The summed E-state index contributed by atoms with van der Waals surface area (Å²) in [5, 5.41) is 10.7. The molecule has 116 valence electrons. The number of amides is 1. The fourth-order valence-electron chi connectivity index (χ4n) is 2.11. The van der Waals surface area contributed by atoms with Gasteiger partial charge in [0, 0.05) is 13.1 Å². The summed E-state index contributed by atoms with van der Waals surface area (Å²) in [5.74, 6) is 0.407. The molecular formula is C16H19FN4O. The lowest BCUT2D eigenvalue weighted by Gasteiger charge is -2.18. The summed E-state index contributed by atoms with van der Waals surface area (Å²) in [7, 11) is 0. The maximum Gasteiger partial charge on any atom is 0.230 e. The van der Waals surface area contributed by atoms with Crippen LogP contribution in [-0.4, -0.2) is 29.2 Å². The Hall–Kier alpha value is -2.50. The van der Waals surface area contributed by atoms with Gasteiger partial charge in [-0.25, -0.2) is 4.39 Å². The molecule has 0 radical (unpaired) electrons. The minimum absolute atomic E-state index is 0.0356. The topological polar surface area (TPSA) is 58.1 Å². The van der Waals surface area contributed by atoms with E-state index in [1.807, 2.05) is 13.8 Å². The zero-order valence-electron chi connectivity index (χ0n) is 12.7. The van der Waals surface area contributed by atoms with E-state index in [-0.39, 0.29) is 18.1 Å². The van der Waals surface area contributed by atoms with E-state index in [1.54, 1.807) is 30.3 Å². The van der Waals surface area contributed by atoms with Gasteiger partial charge in [0.05, 0.1) is 6.42 Å². The van der Waals surface area contributed by atoms with Crippen LogP contribution in [0.2, 0.25) is 0 Å². The third-order valence-electron chi connectivity index (χ3n) is 3.31. The van der Waals surface area contributed by atoms with Crippen LogP contribution >= 0.6 is 0 Å². The molecule has 0 aliphatic heterocycles. The van der Waals surface area contributed by atoms with Crippen molar-refractivity contribution in [3.05, 3.63) is 47.8 Å². The van der Waals surface area contributed by atoms with E-state index in [2.05, 4.69) is 20.4 Å². The SMILES string of the molecule is CCN(CC)c1ccc(NC(=O)Cc2ccccc2F)nn1. The van der Waals surface area contributed by atoms with Crippen molar-refractivity contribution < 1.29 is 9.18 Å². The monoisotopic (exact) mass is 302 g/mol. The van der Waals surface area contributed by atoms with E-state index in [0.29, 0.717) is 11.4 Å². The van der Waals surface area contributed by atoms with Crippen LogP contribution in [0.4, 0.5) is 16.0 Å². The van der Waals surface area contributed by atoms with Gasteiger partial charge in [-0.05, 0) is 37.6 Å². The van der Waals surface area contributed by atoms with Gasteiger partial charge >= 0.3 is 0 Å². The molecule has 6 heteroatoms. The smallest absolute Gasteiger partial charge is 0.230 e. The van der Waals surface area contributed by atoms with Crippen molar-refractivity contribution in [2.75, 3.05) is 23.3 Å². The fraction of sp³-hybridized carbons (Fsp3) is 0.312. The van der Waals surface area contributed by atoms with Crippen LogP contribution in [0.15, 0.2) is 36.4 Å². The number of nitrogens with zero attached hydrogens (tertiary/aromatic N) is 3. The van der Waals surface area contributed by atoms with Crippen molar-refractivity contribution in [2.45, 2.75) is 20.3 Å². The van der Waals surface area contributed by atoms with Crippen molar-refractivity contribution >= 4 is 17.5 Å². The number of rotatable bonds is 6. The summed E-state index contributed by atoms with van der Waals surface area (Å²) in [4.78, 5) is 14.0. The predicted molar refractivity (Wildman–Crippen MR) is 84.3 cm³/mol. The molecule has 0 fully saturated rings. The molecule has 22 heavy (non-hydrogen) atoms. The van der Waals surface area contributed by atoms with Crippen LogP contribution in [0.25, 0.3) is 0 Å². The van der Waals surface area contributed by atoms with E-state index in [0.717, 1.165) is 18.9 Å². The lowest BCUT2D eigenvalue weighted by atomic mass is 10.1. The first-order valence-electron chi connectivity index (χ1n) is 7.26. The van der Waals surface area contributed by atoms with Crippen LogP contribution in [0.5, 0.6) is 0 Å². The van der Waals surface area contributed by atoms with Crippen molar-refractivity contribution in [1.82, 2.24) is 10.2 Å². The molecule has 0 saturated carbocycles. The van der Waals surface area contributed by atoms with E-state index in [1.165, 1.54) is 6.07 Å². The summed E-state index contributed by atoms with van der Waals surface area (Å²) < 4.78 is 13.5. The Morgan fingerprint density at radius 1 is 1.14 bits per heavy atom. The van der Waals surface area contributed by atoms with Gasteiger partial charge in [-0.3, -0.25) is 4.79 Å². The molecule has 0 aliphatic carbocycles. The lowest BCUT2D eigenvalue weighted by Crippen LogP contribution is -2.23. The second kappa shape index (κ2) is 7.49. The second-order valence-corrected chi connectivity index (χ2v) is 4.77. The number of hydrogen-bond donors (Lipinski definition) is 1. The Labute approximate surface area is 129 Å². The van der Waals surface area contributed by atoms with Crippen LogP contribution < -0.4 is 10.2 Å². The van der Waals surface area contributed by atoms with Gasteiger partial charge < -0.3 is 10.2 Å². The van der Waals surface area contributed by atoms with Gasteiger partial charge in [-0.15, -0.1) is 10.2 Å². The maximum atomic E-state index is 13.5. The number of halogens is 1. The van der Waals surface area contributed by atoms with E-state index in [4.69, 9.17) is 0 Å². The van der Waals surface area contributed by atoms with Crippen molar-refractivity contribution in [3.8, 4) is 0 Å². The lowest BCUT2D eigenvalue weighted by molar-refractivity contribution is -0.115. The molecule has 0 spiro atoms. The Morgan fingerprint density at radius 3 is 2.45 bits per heavy atom. The molecule has 2 rings (SSSR count). The van der Waals surface area contributed by atoms with E-state index < -0.39 is 0 Å². The van der Waals surface area contributed by atoms with Crippen LogP contribution in [-0.2, 0) is 11.2 Å². The van der Waals surface area contributed by atoms with Crippen molar-refractivity contribution in [3.63, 3.8) is 0 Å². The Balaban J connectivity index is 1.99. The molecule has 0 saturated heterocycles. The number of carbonyl (C=O) groups is 1. The molecule has 5 nitrogen and oxygen atoms in total. The molecule has 1 heterocycles. The molecule has 1 N–H and O–H groups in total. The Morgan fingerprint density at radius 2 is 1.86 bits per heavy atom. The van der Waals surface area contributed by atoms with Gasteiger partial charge in [0.1, 0.15) is 5.82 Å². The van der Waals surface area contributed by atoms with Gasteiger partial charge in [0.25, 0.3) is 0 Å².